The molecule has 26 heavy (non-hydrogen) atoms. The van der Waals surface area contributed by atoms with Crippen LogP contribution in [0, 0.1) is 47.8 Å². The molecule has 1 aliphatic rings. The molecule has 7 heteroatoms. The van der Waals surface area contributed by atoms with Crippen molar-refractivity contribution in [3.8, 4) is 12.1 Å². The van der Waals surface area contributed by atoms with Crippen LogP contribution in [0.2, 0.25) is 0 Å². The third-order valence-electron chi connectivity index (χ3n) is 4.56. The van der Waals surface area contributed by atoms with E-state index >= 15 is 0 Å². The molecule has 2 amide bonds. The summed E-state index contributed by atoms with van der Waals surface area (Å²) < 4.78 is 0. The summed E-state index contributed by atoms with van der Waals surface area (Å²) in [5.41, 5.74) is 2.22. The number of hydrogen-bond acceptors (Lipinski definition) is 5. The zero-order valence-corrected chi connectivity index (χ0v) is 16.0. The van der Waals surface area contributed by atoms with Crippen molar-refractivity contribution in [2.24, 2.45) is 11.3 Å². The van der Waals surface area contributed by atoms with E-state index in [4.69, 9.17) is 0 Å². The highest BCUT2D eigenvalue weighted by molar-refractivity contribution is 8.03. The summed E-state index contributed by atoms with van der Waals surface area (Å²) >= 11 is 1.09. The summed E-state index contributed by atoms with van der Waals surface area (Å²) in [5, 5.41) is 24.5. The molecule has 0 saturated carbocycles. The van der Waals surface area contributed by atoms with Crippen LogP contribution in [0.15, 0.2) is 28.8 Å². The summed E-state index contributed by atoms with van der Waals surface area (Å²) in [5.74, 6) is -1.58. The first-order valence-electron chi connectivity index (χ1n) is 8.06. The van der Waals surface area contributed by atoms with E-state index in [1.807, 2.05) is 38.1 Å². The number of thioether (sulfide) groups is 1. The molecule has 0 spiro atoms. The fourth-order valence-electron chi connectivity index (χ4n) is 2.74. The second-order valence-electron chi connectivity index (χ2n) is 6.67. The van der Waals surface area contributed by atoms with E-state index in [2.05, 4.69) is 16.7 Å². The van der Waals surface area contributed by atoms with Gasteiger partial charge in [-0.15, -0.1) is 0 Å². The number of carbonyl (C=O) groups is 2. The molecule has 0 aromatic heterocycles. The zero-order valence-electron chi connectivity index (χ0n) is 15.1. The molecule has 0 fully saturated rings. The second kappa shape index (κ2) is 7.63. The van der Waals surface area contributed by atoms with Crippen LogP contribution in [0.4, 0.5) is 5.69 Å². The van der Waals surface area contributed by atoms with Crippen molar-refractivity contribution in [1.82, 2.24) is 5.32 Å². The number of hydrogen-bond donors (Lipinski definition) is 2. The van der Waals surface area contributed by atoms with Gasteiger partial charge < -0.3 is 10.6 Å². The molecule has 0 saturated heterocycles. The molecule has 1 aliphatic heterocycles. The average Bonchev–Trinajstić information content (AvgIpc) is 2.56. The fraction of sp³-hybridized carbons (Fsp3) is 0.368. The number of nitrogens with one attached hydrogen (secondary N) is 2. The minimum Gasteiger partial charge on any atom is -0.325 e. The van der Waals surface area contributed by atoms with Gasteiger partial charge in [0.2, 0.25) is 11.8 Å². The Morgan fingerprint density at radius 2 is 2.04 bits per heavy atom. The van der Waals surface area contributed by atoms with Gasteiger partial charge in [0.15, 0.2) is 0 Å². The van der Waals surface area contributed by atoms with Gasteiger partial charge in [-0.1, -0.05) is 37.7 Å². The number of aryl methyl sites for hydroxylation is 1. The maximum absolute atomic E-state index is 12.3. The van der Waals surface area contributed by atoms with Crippen LogP contribution >= 0.6 is 11.8 Å². The number of carbonyl (C=O) groups excluding carboxylic acids is 2. The minimum atomic E-state index is -0.940. The maximum atomic E-state index is 12.3. The summed E-state index contributed by atoms with van der Waals surface area (Å²) in [6.45, 7) is 7.28. The van der Waals surface area contributed by atoms with E-state index in [1.54, 1.807) is 13.8 Å². The fourth-order valence-corrected chi connectivity index (χ4v) is 3.72. The largest absolute Gasteiger partial charge is 0.325 e. The van der Waals surface area contributed by atoms with Crippen molar-refractivity contribution >= 4 is 29.3 Å². The Morgan fingerprint density at radius 1 is 1.35 bits per heavy atom. The first-order chi connectivity index (χ1) is 12.2. The van der Waals surface area contributed by atoms with Gasteiger partial charge in [-0.05, 0) is 31.0 Å². The third-order valence-corrected chi connectivity index (χ3v) is 5.56. The summed E-state index contributed by atoms with van der Waals surface area (Å²) in [7, 11) is 0. The van der Waals surface area contributed by atoms with Crippen molar-refractivity contribution in [3.05, 3.63) is 39.9 Å². The Labute approximate surface area is 157 Å². The topological polar surface area (TPSA) is 106 Å². The lowest BCUT2D eigenvalue weighted by molar-refractivity contribution is -0.125. The number of amides is 2. The quantitative estimate of drug-likeness (QED) is 0.850. The van der Waals surface area contributed by atoms with Gasteiger partial charge in [0.05, 0.1) is 28.5 Å². The summed E-state index contributed by atoms with van der Waals surface area (Å²) in [4.78, 5) is 24.4. The van der Waals surface area contributed by atoms with E-state index in [1.165, 1.54) is 0 Å². The van der Waals surface area contributed by atoms with Crippen LogP contribution in [0.25, 0.3) is 0 Å². The lowest BCUT2D eigenvalue weighted by Crippen LogP contribution is -2.44. The standard InChI is InChI=1S/C19H20N4O2S/c1-11-6-5-7-15(12(11)2)22-16(24)10-26-18-14(9-21)19(3,4)13(8-20)17(25)23-18/h5-7,13H,10H2,1-4H3,(H,22,24)(H,23,25)/t13-/m0/s1. The molecule has 6 nitrogen and oxygen atoms in total. The number of nitrogens with zero attached hydrogens (tertiary/aromatic N) is 2. The Balaban J connectivity index is 2.15. The van der Waals surface area contributed by atoms with Gasteiger partial charge in [0.25, 0.3) is 0 Å². The normalized spacial score (nSPS) is 18.5. The molecule has 1 aromatic rings. The molecule has 1 aromatic carbocycles. The number of nitriles is 2. The predicted octanol–water partition coefficient (Wildman–Crippen LogP) is 3.01. The smallest absolute Gasteiger partial charge is 0.243 e. The number of anilines is 1. The lowest BCUT2D eigenvalue weighted by Gasteiger charge is -2.34. The lowest BCUT2D eigenvalue weighted by atomic mass is 9.72. The van der Waals surface area contributed by atoms with Crippen LogP contribution in [-0.2, 0) is 9.59 Å². The number of benzene rings is 1. The number of rotatable bonds is 4. The van der Waals surface area contributed by atoms with Crippen LogP contribution < -0.4 is 10.6 Å². The van der Waals surface area contributed by atoms with Gasteiger partial charge in [-0.25, -0.2) is 0 Å². The molecule has 0 unspecified atom stereocenters. The summed E-state index contributed by atoms with van der Waals surface area (Å²) in [6, 6.07) is 9.70. The van der Waals surface area contributed by atoms with Crippen LogP contribution in [-0.4, -0.2) is 17.6 Å². The van der Waals surface area contributed by atoms with Crippen molar-refractivity contribution in [2.75, 3.05) is 11.1 Å². The van der Waals surface area contributed by atoms with Crippen molar-refractivity contribution in [3.63, 3.8) is 0 Å². The first-order valence-corrected chi connectivity index (χ1v) is 9.05. The number of allylic oxidation sites excluding steroid dienone is 1. The van der Waals surface area contributed by atoms with Gasteiger partial charge in [-0.2, -0.15) is 10.5 Å². The molecule has 134 valence electrons. The molecular weight excluding hydrogens is 348 g/mol. The van der Waals surface area contributed by atoms with Crippen molar-refractivity contribution in [2.45, 2.75) is 27.7 Å². The molecule has 1 atom stereocenters. The SMILES string of the molecule is Cc1cccc(NC(=O)CSC2=C(C#N)C(C)(C)[C@@H](C#N)C(=O)N2)c1C. The molecule has 0 bridgehead atoms. The van der Waals surface area contributed by atoms with E-state index < -0.39 is 17.2 Å². The van der Waals surface area contributed by atoms with Gasteiger partial charge in [-0.3, -0.25) is 9.59 Å². The second-order valence-corrected chi connectivity index (χ2v) is 7.66. The van der Waals surface area contributed by atoms with Crippen LogP contribution in [0.1, 0.15) is 25.0 Å². The van der Waals surface area contributed by atoms with E-state index in [0.717, 1.165) is 28.6 Å². The Bertz CT molecular complexity index is 875. The van der Waals surface area contributed by atoms with Crippen LogP contribution in [0.3, 0.4) is 0 Å². The molecule has 0 aliphatic carbocycles. The molecule has 1 heterocycles. The zero-order chi connectivity index (χ0) is 19.5. The molecule has 0 radical (unpaired) electrons. The van der Waals surface area contributed by atoms with Crippen molar-refractivity contribution < 1.29 is 9.59 Å². The summed E-state index contributed by atoms with van der Waals surface area (Å²) in [6.07, 6.45) is 0. The maximum Gasteiger partial charge on any atom is 0.243 e. The highest BCUT2D eigenvalue weighted by Gasteiger charge is 2.44. The van der Waals surface area contributed by atoms with Gasteiger partial charge in [0, 0.05) is 11.1 Å². The highest BCUT2D eigenvalue weighted by atomic mass is 32.2. The molecule has 2 N–H and O–H groups in total. The third kappa shape index (κ3) is 3.74. The predicted molar refractivity (Wildman–Crippen MR) is 101 cm³/mol. The Morgan fingerprint density at radius 3 is 2.65 bits per heavy atom. The van der Waals surface area contributed by atoms with Crippen molar-refractivity contribution in [1.29, 1.82) is 10.5 Å². The van der Waals surface area contributed by atoms with Gasteiger partial charge in [0.1, 0.15) is 5.92 Å². The van der Waals surface area contributed by atoms with Crippen LogP contribution in [0.5, 0.6) is 0 Å². The molecule has 2 rings (SSSR count). The van der Waals surface area contributed by atoms with Gasteiger partial charge >= 0.3 is 0 Å². The monoisotopic (exact) mass is 368 g/mol. The highest BCUT2D eigenvalue weighted by Crippen LogP contribution is 2.41. The van der Waals surface area contributed by atoms with E-state index in [9.17, 15) is 20.1 Å². The Hall–Kier alpha value is -2.77. The average molecular weight is 368 g/mol. The van der Waals surface area contributed by atoms with E-state index in [-0.39, 0.29) is 11.7 Å². The molecular formula is C19H20N4O2S. The Kier molecular flexibility index (Phi) is 5.74. The first kappa shape index (κ1) is 19.6. The minimum absolute atomic E-state index is 0.0431. The van der Waals surface area contributed by atoms with E-state index in [0.29, 0.717) is 10.6 Å².